The molecule has 3 N–H and O–H groups in total. The number of alkyl carbamates (subject to hydrolysis) is 1. The van der Waals surface area contributed by atoms with Crippen LogP contribution in [0, 0.1) is 0 Å². The average molecular weight is 370 g/mol. The van der Waals surface area contributed by atoms with Crippen LogP contribution in [-0.4, -0.2) is 42.3 Å². The number of carboxylic acid groups (broad SMARTS) is 1. The molecular formula is C20H22N2O5. The van der Waals surface area contributed by atoms with E-state index in [4.69, 9.17) is 0 Å². The molecule has 0 aliphatic rings. The highest BCUT2D eigenvalue weighted by Gasteiger charge is 2.27. The Balaban J connectivity index is 2.11. The largest absolute Gasteiger partial charge is 0.480 e. The van der Waals surface area contributed by atoms with Gasteiger partial charge in [0.25, 0.3) is 0 Å². The summed E-state index contributed by atoms with van der Waals surface area (Å²) in [5, 5.41) is 14.4. The minimum atomic E-state index is -1.15. The normalized spacial score (nSPS) is 12.5. The van der Waals surface area contributed by atoms with E-state index in [1.165, 1.54) is 7.11 Å². The summed E-state index contributed by atoms with van der Waals surface area (Å²) >= 11 is 0. The Morgan fingerprint density at radius 1 is 0.852 bits per heavy atom. The fraction of sp³-hybridized carbons (Fsp3) is 0.250. The molecule has 0 saturated carbocycles. The number of carboxylic acids is 1. The third-order valence-corrected chi connectivity index (χ3v) is 3.97. The zero-order valence-corrected chi connectivity index (χ0v) is 14.9. The molecule has 0 unspecified atom stereocenters. The van der Waals surface area contributed by atoms with Crippen LogP contribution in [0.5, 0.6) is 0 Å². The summed E-state index contributed by atoms with van der Waals surface area (Å²) in [6, 6.07) is 16.0. The zero-order chi connectivity index (χ0) is 19.6. The second kappa shape index (κ2) is 9.96. The highest BCUT2D eigenvalue weighted by atomic mass is 16.5. The van der Waals surface area contributed by atoms with Crippen molar-refractivity contribution in [3.63, 3.8) is 0 Å². The lowest BCUT2D eigenvalue weighted by Gasteiger charge is -2.21. The van der Waals surface area contributed by atoms with Gasteiger partial charge in [0.2, 0.25) is 5.91 Å². The number of ether oxygens (including phenoxy) is 1. The Morgan fingerprint density at radius 3 is 1.78 bits per heavy atom. The maximum Gasteiger partial charge on any atom is 0.407 e. The van der Waals surface area contributed by atoms with E-state index in [1.807, 2.05) is 36.4 Å². The number of aliphatic carboxylic acids is 1. The quantitative estimate of drug-likeness (QED) is 0.657. The Hall–Kier alpha value is -3.35. The van der Waals surface area contributed by atoms with Crippen molar-refractivity contribution < 1.29 is 24.2 Å². The van der Waals surface area contributed by atoms with E-state index in [0.717, 1.165) is 11.1 Å². The van der Waals surface area contributed by atoms with E-state index in [2.05, 4.69) is 15.4 Å². The van der Waals surface area contributed by atoms with Gasteiger partial charge >= 0.3 is 12.1 Å². The summed E-state index contributed by atoms with van der Waals surface area (Å²) in [5.74, 6) is -1.74. The van der Waals surface area contributed by atoms with E-state index in [1.54, 1.807) is 24.3 Å². The molecule has 0 aliphatic heterocycles. The van der Waals surface area contributed by atoms with Gasteiger partial charge in [-0.1, -0.05) is 60.7 Å². The van der Waals surface area contributed by atoms with E-state index in [-0.39, 0.29) is 12.8 Å². The minimum Gasteiger partial charge on any atom is -0.480 e. The first-order valence-electron chi connectivity index (χ1n) is 8.45. The molecule has 0 spiro atoms. The molecule has 2 aromatic carbocycles. The van der Waals surface area contributed by atoms with Crippen molar-refractivity contribution in [1.29, 1.82) is 0 Å². The lowest BCUT2D eigenvalue weighted by molar-refractivity contribution is -0.142. The molecule has 0 bridgehead atoms. The summed E-state index contributed by atoms with van der Waals surface area (Å²) in [6.45, 7) is 0. The second-order valence-corrected chi connectivity index (χ2v) is 5.97. The number of carbonyl (C=O) groups excluding carboxylic acids is 2. The van der Waals surface area contributed by atoms with Crippen molar-refractivity contribution in [2.75, 3.05) is 7.11 Å². The molecule has 27 heavy (non-hydrogen) atoms. The summed E-state index contributed by atoms with van der Waals surface area (Å²) in [4.78, 5) is 35.8. The Kier molecular flexibility index (Phi) is 7.37. The number of rotatable bonds is 8. The monoisotopic (exact) mass is 370 g/mol. The van der Waals surface area contributed by atoms with Gasteiger partial charge in [-0.25, -0.2) is 9.59 Å². The zero-order valence-electron chi connectivity index (χ0n) is 14.9. The van der Waals surface area contributed by atoms with Crippen LogP contribution in [0.3, 0.4) is 0 Å². The van der Waals surface area contributed by atoms with E-state index >= 15 is 0 Å². The number of nitrogens with one attached hydrogen (secondary N) is 2. The van der Waals surface area contributed by atoms with Crippen LogP contribution in [0.4, 0.5) is 4.79 Å². The van der Waals surface area contributed by atoms with Crippen LogP contribution in [0.1, 0.15) is 11.1 Å². The van der Waals surface area contributed by atoms with Crippen LogP contribution >= 0.6 is 0 Å². The molecule has 0 fully saturated rings. The molecule has 2 amide bonds. The van der Waals surface area contributed by atoms with Gasteiger partial charge in [-0.2, -0.15) is 0 Å². The van der Waals surface area contributed by atoms with Crippen molar-refractivity contribution in [2.45, 2.75) is 24.9 Å². The van der Waals surface area contributed by atoms with Crippen LogP contribution in [0.15, 0.2) is 60.7 Å². The molecule has 0 aromatic heterocycles. The van der Waals surface area contributed by atoms with Crippen LogP contribution in [-0.2, 0) is 27.2 Å². The smallest absolute Gasteiger partial charge is 0.407 e. The third kappa shape index (κ3) is 6.47. The number of hydrogen-bond donors (Lipinski definition) is 3. The van der Waals surface area contributed by atoms with Crippen molar-refractivity contribution >= 4 is 18.0 Å². The molecule has 0 heterocycles. The van der Waals surface area contributed by atoms with E-state index in [9.17, 15) is 19.5 Å². The summed E-state index contributed by atoms with van der Waals surface area (Å²) < 4.78 is 4.57. The van der Waals surface area contributed by atoms with Gasteiger partial charge in [0.1, 0.15) is 12.1 Å². The number of benzene rings is 2. The highest BCUT2D eigenvalue weighted by Crippen LogP contribution is 2.07. The minimum absolute atomic E-state index is 0.137. The number of amides is 2. The van der Waals surface area contributed by atoms with Gasteiger partial charge in [0.05, 0.1) is 7.11 Å². The van der Waals surface area contributed by atoms with Crippen molar-refractivity contribution in [2.24, 2.45) is 0 Å². The fourth-order valence-corrected chi connectivity index (χ4v) is 2.58. The van der Waals surface area contributed by atoms with Crippen molar-refractivity contribution in [3.05, 3.63) is 71.8 Å². The first-order chi connectivity index (χ1) is 13.0. The molecule has 0 saturated heterocycles. The highest BCUT2D eigenvalue weighted by molar-refractivity contribution is 5.89. The molecule has 2 rings (SSSR count). The van der Waals surface area contributed by atoms with Crippen LogP contribution < -0.4 is 10.6 Å². The van der Waals surface area contributed by atoms with Gasteiger partial charge in [-0.05, 0) is 11.1 Å². The second-order valence-electron chi connectivity index (χ2n) is 5.97. The molecule has 0 radical (unpaired) electrons. The van der Waals surface area contributed by atoms with E-state index < -0.39 is 30.1 Å². The molecule has 2 aromatic rings. The number of hydrogen-bond acceptors (Lipinski definition) is 4. The maximum atomic E-state index is 12.7. The number of methoxy groups -OCH3 is 1. The first kappa shape index (κ1) is 20.0. The van der Waals surface area contributed by atoms with Gasteiger partial charge in [0.15, 0.2) is 0 Å². The van der Waals surface area contributed by atoms with Gasteiger partial charge < -0.3 is 20.5 Å². The fourth-order valence-electron chi connectivity index (χ4n) is 2.58. The lowest BCUT2D eigenvalue weighted by atomic mass is 10.0. The molecule has 7 heteroatoms. The lowest BCUT2D eigenvalue weighted by Crippen LogP contribution is -2.53. The molecular weight excluding hydrogens is 348 g/mol. The third-order valence-electron chi connectivity index (χ3n) is 3.97. The molecule has 142 valence electrons. The average Bonchev–Trinajstić information content (AvgIpc) is 2.68. The van der Waals surface area contributed by atoms with E-state index in [0.29, 0.717) is 0 Å². The Bertz CT molecular complexity index is 764. The molecule has 0 aliphatic carbocycles. The SMILES string of the molecule is COC(=O)N[C@@H](Cc1ccccc1)C(=O)N[C@@H](Cc1ccccc1)C(=O)O. The van der Waals surface area contributed by atoms with Crippen LogP contribution in [0.25, 0.3) is 0 Å². The standard InChI is InChI=1S/C20H22N2O5/c1-27-20(26)22-16(12-14-8-4-2-5-9-14)18(23)21-17(19(24)25)13-15-10-6-3-7-11-15/h2-11,16-17H,12-13H2,1H3,(H,21,23)(H,22,26)(H,24,25)/t16-,17-/m0/s1. The van der Waals surface area contributed by atoms with Crippen LogP contribution in [0.2, 0.25) is 0 Å². The van der Waals surface area contributed by atoms with Gasteiger partial charge in [-0.3, -0.25) is 4.79 Å². The maximum absolute atomic E-state index is 12.7. The summed E-state index contributed by atoms with van der Waals surface area (Å²) in [6.07, 6.45) is -0.418. The predicted molar refractivity (Wildman–Crippen MR) is 99.2 cm³/mol. The predicted octanol–water partition coefficient (Wildman–Crippen LogP) is 1.77. The van der Waals surface area contributed by atoms with Gasteiger partial charge in [0, 0.05) is 12.8 Å². The Labute approximate surface area is 157 Å². The topological polar surface area (TPSA) is 105 Å². The molecule has 7 nitrogen and oxygen atoms in total. The number of carbonyl (C=O) groups is 3. The summed E-state index contributed by atoms with van der Waals surface area (Å²) in [7, 11) is 1.20. The van der Waals surface area contributed by atoms with Gasteiger partial charge in [-0.15, -0.1) is 0 Å². The van der Waals surface area contributed by atoms with Crippen molar-refractivity contribution in [3.8, 4) is 0 Å². The Morgan fingerprint density at radius 2 is 1.33 bits per heavy atom. The first-order valence-corrected chi connectivity index (χ1v) is 8.45. The molecule has 2 atom stereocenters. The van der Waals surface area contributed by atoms with Crippen molar-refractivity contribution in [1.82, 2.24) is 10.6 Å². The summed E-state index contributed by atoms with van der Waals surface area (Å²) in [5.41, 5.74) is 1.61.